The molecular weight excluding hydrogens is 382 g/mol. The molecule has 1 aliphatic heterocycles. The van der Waals surface area contributed by atoms with Crippen LogP contribution in [0.1, 0.15) is 24.1 Å². The van der Waals surface area contributed by atoms with E-state index in [0.29, 0.717) is 23.5 Å². The zero-order valence-corrected chi connectivity index (χ0v) is 16.9. The van der Waals surface area contributed by atoms with E-state index >= 15 is 0 Å². The van der Waals surface area contributed by atoms with Gasteiger partial charge in [-0.3, -0.25) is 0 Å². The second-order valence-corrected chi connectivity index (χ2v) is 8.13. The molecule has 1 unspecified atom stereocenters. The topological polar surface area (TPSA) is 82.1 Å². The molecular formula is C20H23NO6S. The Balaban J connectivity index is 2.14. The normalized spacial score (nSPS) is 16.9. The Kier molecular flexibility index (Phi) is 5.90. The molecule has 28 heavy (non-hydrogen) atoms. The molecule has 0 radical (unpaired) electrons. The zero-order valence-electron chi connectivity index (χ0n) is 16.0. The Morgan fingerprint density at radius 3 is 2.36 bits per heavy atom. The number of carbonyl (C=O) groups is 1. The van der Waals surface area contributed by atoms with E-state index in [0.717, 1.165) is 5.56 Å². The highest BCUT2D eigenvalue weighted by Gasteiger charge is 2.42. The van der Waals surface area contributed by atoms with Crippen LogP contribution < -0.4 is 9.47 Å². The number of esters is 1. The number of fused-ring (bicyclic) bond motifs is 1. The number of ether oxygens (including phenoxy) is 3. The van der Waals surface area contributed by atoms with Crippen LogP contribution in [0.4, 0.5) is 0 Å². The third kappa shape index (κ3) is 3.57. The van der Waals surface area contributed by atoms with E-state index in [-0.39, 0.29) is 18.0 Å². The maximum Gasteiger partial charge on any atom is 0.329 e. The molecule has 0 aliphatic carbocycles. The van der Waals surface area contributed by atoms with Gasteiger partial charge >= 0.3 is 5.97 Å². The van der Waals surface area contributed by atoms with Crippen molar-refractivity contribution < 1.29 is 27.4 Å². The van der Waals surface area contributed by atoms with Crippen LogP contribution in [0.15, 0.2) is 47.4 Å². The minimum atomic E-state index is -3.89. The molecule has 0 spiro atoms. The number of hydrogen-bond acceptors (Lipinski definition) is 6. The van der Waals surface area contributed by atoms with Crippen LogP contribution in [0.3, 0.4) is 0 Å². The minimum Gasteiger partial charge on any atom is -0.493 e. The molecule has 2 aromatic carbocycles. The van der Waals surface area contributed by atoms with Crippen LogP contribution in [-0.2, 0) is 26.0 Å². The molecule has 1 atom stereocenters. The molecule has 0 fully saturated rings. The van der Waals surface area contributed by atoms with Gasteiger partial charge in [0.05, 0.1) is 25.7 Å². The molecule has 1 aliphatic rings. The summed E-state index contributed by atoms with van der Waals surface area (Å²) >= 11 is 0. The van der Waals surface area contributed by atoms with Crippen molar-refractivity contribution in [3.63, 3.8) is 0 Å². The van der Waals surface area contributed by atoms with Gasteiger partial charge in [-0.05, 0) is 48.7 Å². The second kappa shape index (κ2) is 8.20. The first kappa shape index (κ1) is 20.2. The number of carbonyl (C=O) groups excluding carboxylic acids is 1. The number of benzene rings is 2. The van der Waals surface area contributed by atoms with Gasteiger partial charge < -0.3 is 14.2 Å². The van der Waals surface area contributed by atoms with Crippen LogP contribution in [0.2, 0.25) is 0 Å². The lowest BCUT2D eigenvalue weighted by atomic mass is 9.93. The molecule has 0 bridgehead atoms. The molecule has 7 nitrogen and oxygen atoms in total. The molecule has 0 saturated heterocycles. The van der Waals surface area contributed by atoms with E-state index < -0.39 is 22.0 Å². The molecule has 150 valence electrons. The SMILES string of the molecule is CCOC(=O)C1c2cc(OC)c(OC)cc2CCN1S(=O)(=O)c1ccccc1. The first-order chi connectivity index (χ1) is 13.4. The largest absolute Gasteiger partial charge is 0.493 e. The highest BCUT2D eigenvalue weighted by molar-refractivity contribution is 7.89. The first-order valence-corrected chi connectivity index (χ1v) is 10.4. The van der Waals surface area contributed by atoms with Crippen LogP contribution in [0.25, 0.3) is 0 Å². The molecule has 0 aromatic heterocycles. The number of nitrogens with zero attached hydrogens (tertiary/aromatic N) is 1. The lowest BCUT2D eigenvalue weighted by molar-refractivity contribution is -0.148. The van der Waals surface area contributed by atoms with Crippen LogP contribution in [0.5, 0.6) is 11.5 Å². The Hall–Kier alpha value is -2.58. The maximum absolute atomic E-state index is 13.3. The number of hydrogen-bond donors (Lipinski definition) is 0. The second-order valence-electron chi connectivity index (χ2n) is 6.24. The summed E-state index contributed by atoms with van der Waals surface area (Å²) in [6.45, 7) is 1.99. The first-order valence-electron chi connectivity index (χ1n) is 8.92. The molecule has 0 N–H and O–H groups in total. The Morgan fingerprint density at radius 2 is 1.75 bits per heavy atom. The van der Waals surface area contributed by atoms with E-state index in [1.54, 1.807) is 37.3 Å². The standard InChI is InChI=1S/C20H23NO6S/c1-4-27-20(22)19-16-13-18(26-3)17(25-2)12-14(16)10-11-21(19)28(23,24)15-8-6-5-7-9-15/h5-9,12-13,19H,4,10-11H2,1-3H3. The lowest BCUT2D eigenvalue weighted by Gasteiger charge is -2.35. The average molecular weight is 405 g/mol. The Labute approximate surface area is 164 Å². The molecule has 3 rings (SSSR count). The third-order valence-corrected chi connectivity index (χ3v) is 6.57. The molecule has 0 saturated carbocycles. The van der Waals surface area contributed by atoms with Gasteiger partial charge in [0.15, 0.2) is 11.5 Å². The van der Waals surface area contributed by atoms with Gasteiger partial charge in [-0.1, -0.05) is 18.2 Å². The number of rotatable bonds is 6. The zero-order chi connectivity index (χ0) is 20.3. The average Bonchev–Trinajstić information content (AvgIpc) is 2.72. The fourth-order valence-electron chi connectivity index (χ4n) is 3.38. The highest BCUT2D eigenvalue weighted by Crippen LogP contribution is 2.40. The summed E-state index contributed by atoms with van der Waals surface area (Å²) in [5.74, 6) is 0.341. The Morgan fingerprint density at radius 1 is 1.11 bits per heavy atom. The monoisotopic (exact) mass is 405 g/mol. The van der Waals surface area contributed by atoms with Crippen molar-refractivity contribution in [2.75, 3.05) is 27.4 Å². The van der Waals surface area contributed by atoms with E-state index in [4.69, 9.17) is 14.2 Å². The van der Waals surface area contributed by atoms with Crippen LogP contribution >= 0.6 is 0 Å². The van der Waals surface area contributed by atoms with Gasteiger partial charge in [-0.25, -0.2) is 13.2 Å². The molecule has 8 heteroatoms. The van der Waals surface area contributed by atoms with E-state index in [9.17, 15) is 13.2 Å². The van der Waals surface area contributed by atoms with Gasteiger partial charge in [0.25, 0.3) is 0 Å². The Bertz CT molecular complexity index is 958. The van der Waals surface area contributed by atoms with Crippen molar-refractivity contribution in [3.05, 3.63) is 53.6 Å². The molecule has 0 amide bonds. The fraction of sp³-hybridized carbons (Fsp3) is 0.350. The van der Waals surface area contributed by atoms with Crippen LogP contribution in [-0.4, -0.2) is 46.1 Å². The van der Waals surface area contributed by atoms with Crippen molar-refractivity contribution in [1.82, 2.24) is 4.31 Å². The smallest absolute Gasteiger partial charge is 0.329 e. The van der Waals surface area contributed by atoms with Gasteiger partial charge in [0.1, 0.15) is 6.04 Å². The summed E-state index contributed by atoms with van der Waals surface area (Å²) in [7, 11) is -0.871. The van der Waals surface area contributed by atoms with E-state index in [1.807, 2.05) is 0 Å². The molecule has 2 aromatic rings. The summed E-state index contributed by atoms with van der Waals surface area (Å²) in [4.78, 5) is 12.9. The maximum atomic E-state index is 13.3. The summed E-state index contributed by atoms with van der Waals surface area (Å²) in [6, 6.07) is 10.4. The number of methoxy groups -OCH3 is 2. The van der Waals surface area contributed by atoms with E-state index in [1.165, 1.54) is 30.7 Å². The van der Waals surface area contributed by atoms with Gasteiger partial charge in [-0.15, -0.1) is 0 Å². The minimum absolute atomic E-state index is 0.133. The van der Waals surface area contributed by atoms with Crippen molar-refractivity contribution in [2.45, 2.75) is 24.3 Å². The fourth-order valence-corrected chi connectivity index (χ4v) is 4.96. The van der Waals surface area contributed by atoms with Gasteiger partial charge in [0.2, 0.25) is 10.0 Å². The summed E-state index contributed by atoms with van der Waals surface area (Å²) in [5.41, 5.74) is 1.37. The van der Waals surface area contributed by atoms with Crippen molar-refractivity contribution in [2.24, 2.45) is 0 Å². The van der Waals surface area contributed by atoms with Crippen molar-refractivity contribution in [3.8, 4) is 11.5 Å². The van der Waals surface area contributed by atoms with Gasteiger partial charge in [-0.2, -0.15) is 4.31 Å². The summed E-state index contributed by atoms with van der Waals surface area (Å²) in [6.07, 6.45) is 0.442. The summed E-state index contributed by atoms with van der Waals surface area (Å²) < 4.78 is 43.6. The lowest BCUT2D eigenvalue weighted by Crippen LogP contribution is -2.44. The molecule has 1 heterocycles. The third-order valence-electron chi connectivity index (χ3n) is 4.69. The van der Waals surface area contributed by atoms with Gasteiger partial charge in [0, 0.05) is 6.54 Å². The predicted octanol–water partition coefficient (Wildman–Crippen LogP) is 2.56. The predicted molar refractivity (Wildman–Crippen MR) is 103 cm³/mol. The van der Waals surface area contributed by atoms with E-state index in [2.05, 4.69) is 0 Å². The summed E-state index contributed by atoms with van der Waals surface area (Å²) in [5, 5.41) is 0. The highest BCUT2D eigenvalue weighted by atomic mass is 32.2. The van der Waals surface area contributed by atoms with Crippen LogP contribution in [0, 0.1) is 0 Å². The van der Waals surface area contributed by atoms with Crippen molar-refractivity contribution in [1.29, 1.82) is 0 Å². The van der Waals surface area contributed by atoms with Crippen molar-refractivity contribution >= 4 is 16.0 Å². The quantitative estimate of drug-likeness (QED) is 0.687. The number of sulfonamides is 1.